The van der Waals surface area contributed by atoms with Crippen molar-refractivity contribution in [2.24, 2.45) is 0 Å². The second kappa shape index (κ2) is 3.94. The smallest absolute Gasteiger partial charge is 0.206 e. The molecule has 0 aliphatic heterocycles. The molecule has 0 radical (unpaired) electrons. The lowest BCUT2D eigenvalue weighted by molar-refractivity contribution is -0.0329. The summed E-state index contributed by atoms with van der Waals surface area (Å²) in [4.78, 5) is -0.834. The normalized spacial score (nSPS) is 11.9. The molecular formula is C7H2ClF5S. The van der Waals surface area contributed by atoms with Crippen molar-refractivity contribution in [2.75, 3.05) is 0 Å². The van der Waals surface area contributed by atoms with E-state index in [4.69, 9.17) is 11.6 Å². The number of hydrogen-bond donors (Lipinski definition) is 0. The molecule has 78 valence electrons. The average molecular weight is 249 g/mol. The van der Waals surface area contributed by atoms with E-state index >= 15 is 0 Å². The SMILES string of the molecule is Fc1cc(SC(F)(F)F)c(F)cc1Cl. The van der Waals surface area contributed by atoms with Crippen LogP contribution in [0, 0.1) is 11.6 Å². The highest BCUT2D eigenvalue weighted by atomic mass is 35.5. The van der Waals surface area contributed by atoms with Gasteiger partial charge in [-0.15, -0.1) is 0 Å². The van der Waals surface area contributed by atoms with Crippen LogP contribution >= 0.6 is 23.4 Å². The van der Waals surface area contributed by atoms with E-state index < -0.39 is 38.8 Å². The molecule has 0 aliphatic carbocycles. The van der Waals surface area contributed by atoms with Crippen LogP contribution in [0.2, 0.25) is 5.02 Å². The van der Waals surface area contributed by atoms with E-state index in [2.05, 4.69) is 0 Å². The molecule has 0 fully saturated rings. The van der Waals surface area contributed by atoms with Crippen molar-refractivity contribution in [3.63, 3.8) is 0 Å². The summed E-state index contributed by atoms with van der Waals surface area (Å²) in [7, 11) is 0. The molecule has 0 nitrogen and oxygen atoms in total. The minimum Gasteiger partial charge on any atom is -0.206 e. The first-order chi connectivity index (χ1) is 6.29. The predicted molar refractivity (Wildman–Crippen MR) is 43.3 cm³/mol. The van der Waals surface area contributed by atoms with Gasteiger partial charge >= 0.3 is 5.51 Å². The van der Waals surface area contributed by atoms with Crippen LogP contribution in [0.25, 0.3) is 0 Å². The summed E-state index contributed by atoms with van der Waals surface area (Å²) in [6.45, 7) is 0. The first-order valence-electron chi connectivity index (χ1n) is 3.20. The van der Waals surface area contributed by atoms with Crippen LogP contribution in [0.15, 0.2) is 17.0 Å². The quantitative estimate of drug-likeness (QED) is 0.407. The number of thioether (sulfide) groups is 1. The van der Waals surface area contributed by atoms with E-state index in [1.807, 2.05) is 0 Å². The van der Waals surface area contributed by atoms with Gasteiger partial charge in [0, 0.05) is 0 Å². The van der Waals surface area contributed by atoms with Crippen molar-refractivity contribution in [3.05, 3.63) is 28.8 Å². The van der Waals surface area contributed by atoms with Crippen LogP contribution in [-0.2, 0) is 0 Å². The molecule has 0 aromatic heterocycles. The standard InChI is InChI=1S/C7H2ClF5S/c8-3-1-5(10)6(2-4(3)9)14-7(11,12)13/h1-2H. The van der Waals surface area contributed by atoms with Gasteiger partial charge in [-0.1, -0.05) is 11.6 Å². The van der Waals surface area contributed by atoms with Gasteiger partial charge in [-0.2, -0.15) is 13.2 Å². The van der Waals surface area contributed by atoms with Gasteiger partial charge in [0.05, 0.1) is 9.92 Å². The Morgan fingerprint density at radius 2 is 1.64 bits per heavy atom. The lowest BCUT2D eigenvalue weighted by Crippen LogP contribution is -2.00. The summed E-state index contributed by atoms with van der Waals surface area (Å²) in [6, 6.07) is 0.917. The maximum Gasteiger partial charge on any atom is 0.446 e. The number of benzene rings is 1. The second-order valence-corrected chi connectivity index (χ2v) is 3.76. The van der Waals surface area contributed by atoms with E-state index in [-0.39, 0.29) is 0 Å². The zero-order valence-electron chi connectivity index (χ0n) is 6.33. The van der Waals surface area contributed by atoms with E-state index in [1.165, 1.54) is 0 Å². The van der Waals surface area contributed by atoms with Gasteiger partial charge in [0.1, 0.15) is 11.6 Å². The van der Waals surface area contributed by atoms with Crippen LogP contribution in [0.4, 0.5) is 22.0 Å². The van der Waals surface area contributed by atoms with E-state index in [9.17, 15) is 22.0 Å². The highest BCUT2D eigenvalue weighted by Gasteiger charge is 2.31. The number of rotatable bonds is 1. The fourth-order valence-corrected chi connectivity index (χ4v) is 1.43. The first kappa shape index (κ1) is 11.6. The van der Waals surface area contributed by atoms with Gasteiger partial charge in [0.25, 0.3) is 0 Å². The molecule has 0 amide bonds. The molecule has 0 unspecified atom stereocenters. The summed E-state index contributed by atoms with van der Waals surface area (Å²) >= 11 is 4.43. The Hall–Kier alpha value is -0.490. The average Bonchev–Trinajstić information content (AvgIpc) is 1.97. The molecule has 0 bridgehead atoms. The molecule has 0 saturated heterocycles. The van der Waals surface area contributed by atoms with E-state index in [1.54, 1.807) is 0 Å². The minimum atomic E-state index is -4.65. The van der Waals surface area contributed by atoms with Crippen LogP contribution in [-0.4, -0.2) is 5.51 Å². The Kier molecular flexibility index (Phi) is 3.26. The highest BCUT2D eigenvalue weighted by molar-refractivity contribution is 8.00. The molecule has 0 aliphatic rings. The monoisotopic (exact) mass is 248 g/mol. The maximum absolute atomic E-state index is 12.8. The maximum atomic E-state index is 12.8. The molecule has 0 N–H and O–H groups in total. The molecule has 1 aromatic carbocycles. The fraction of sp³-hybridized carbons (Fsp3) is 0.143. The van der Waals surface area contributed by atoms with Crippen LogP contribution < -0.4 is 0 Å². The Labute approximate surface area is 85.1 Å². The summed E-state index contributed by atoms with van der Waals surface area (Å²) in [5.74, 6) is -2.28. The summed E-state index contributed by atoms with van der Waals surface area (Å²) < 4.78 is 60.8. The number of alkyl halides is 3. The van der Waals surface area contributed by atoms with Gasteiger partial charge < -0.3 is 0 Å². The van der Waals surface area contributed by atoms with Crippen LogP contribution in [0.1, 0.15) is 0 Å². The Balaban J connectivity index is 3.04. The Morgan fingerprint density at radius 3 is 2.14 bits per heavy atom. The first-order valence-corrected chi connectivity index (χ1v) is 4.39. The predicted octanol–water partition coefficient (Wildman–Crippen LogP) is 4.23. The molecule has 14 heavy (non-hydrogen) atoms. The third-order valence-corrected chi connectivity index (χ3v) is 2.25. The van der Waals surface area contributed by atoms with Crippen LogP contribution in [0.5, 0.6) is 0 Å². The summed E-state index contributed by atoms with van der Waals surface area (Å²) in [5, 5.41) is -0.547. The van der Waals surface area contributed by atoms with Gasteiger partial charge in [0.2, 0.25) is 0 Å². The van der Waals surface area contributed by atoms with Crippen molar-refractivity contribution in [2.45, 2.75) is 10.4 Å². The Bertz CT molecular complexity index is 349. The third kappa shape index (κ3) is 3.02. The van der Waals surface area contributed by atoms with E-state index in [0.717, 1.165) is 0 Å². The lowest BCUT2D eigenvalue weighted by atomic mass is 10.3. The van der Waals surface area contributed by atoms with Crippen LogP contribution in [0.3, 0.4) is 0 Å². The second-order valence-electron chi connectivity index (χ2n) is 2.24. The molecule has 1 aromatic rings. The number of hydrogen-bond acceptors (Lipinski definition) is 1. The largest absolute Gasteiger partial charge is 0.446 e. The van der Waals surface area contributed by atoms with Crippen molar-refractivity contribution in [1.82, 2.24) is 0 Å². The lowest BCUT2D eigenvalue weighted by Gasteiger charge is -2.06. The van der Waals surface area contributed by atoms with Gasteiger partial charge in [-0.05, 0) is 23.9 Å². The van der Waals surface area contributed by atoms with Gasteiger partial charge in [0.15, 0.2) is 0 Å². The molecular weight excluding hydrogens is 247 g/mol. The topological polar surface area (TPSA) is 0 Å². The van der Waals surface area contributed by atoms with Crippen molar-refractivity contribution >= 4 is 23.4 Å². The molecule has 0 atom stereocenters. The van der Waals surface area contributed by atoms with Gasteiger partial charge in [-0.25, -0.2) is 8.78 Å². The zero-order chi connectivity index (χ0) is 10.9. The molecule has 0 heterocycles. The highest BCUT2D eigenvalue weighted by Crippen LogP contribution is 2.39. The zero-order valence-corrected chi connectivity index (χ0v) is 7.90. The summed E-state index contributed by atoms with van der Waals surface area (Å²) in [6.07, 6.45) is 0. The third-order valence-electron chi connectivity index (χ3n) is 1.20. The minimum absolute atomic E-state index is 0.413. The Morgan fingerprint density at radius 1 is 1.07 bits per heavy atom. The van der Waals surface area contributed by atoms with E-state index in [0.29, 0.717) is 12.1 Å². The molecule has 1 rings (SSSR count). The fourth-order valence-electron chi connectivity index (χ4n) is 0.707. The molecule has 0 saturated carbocycles. The van der Waals surface area contributed by atoms with Crippen molar-refractivity contribution < 1.29 is 22.0 Å². The summed E-state index contributed by atoms with van der Waals surface area (Å²) in [5.41, 5.74) is -4.65. The molecule has 0 spiro atoms. The molecule has 7 heteroatoms. The number of halogens is 6. The van der Waals surface area contributed by atoms with Crippen molar-refractivity contribution in [1.29, 1.82) is 0 Å². The van der Waals surface area contributed by atoms with Gasteiger partial charge in [-0.3, -0.25) is 0 Å². The van der Waals surface area contributed by atoms with Crippen molar-refractivity contribution in [3.8, 4) is 0 Å².